The molecule has 48 heavy (non-hydrogen) atoms. The van der Waals surface area contributed by atoms with Gasteiger partial charge in [-0.3, -0.25) is 4.98 Å². The molecule has 224 valence electrons. The van der Waals surface area contributed by atoms with Crippen molar-refractivity contribution in [1.29, 1.82) is 0 Å². The number of fused-ring (bicyclic) bond motifs is 6. The van der Waals surface area contributed by atoms with Crippen molar-refractivity contribution in [1.82, 2.24) is 19.9 Å². The van der Waals surface area contributed by atoms with Gasteiger partial charge in [-0.15, -0.1) is 0 Å². The first-order valence-corrected chi connectivity index (χ1v) is 16.0. The molecule has 0 spiro atoms. The molecule has 0 aliphatic rings. The highest BCUT2D eigenvalue weighted by atomic mass is 14.9. The molecule has 0 aliphatic heterocycles. The summed E-state index contributed by atoms with van der Waals surface area (Å²) >= 11 is 0. The summed E-state index contributed by atoms with van der Waals surface area (Å²) in [5, 5.41) is 6.03. The molecule has 9 rings (SSSR count). The van der Waals surface area contributed by atoms with Gasteiger partial charge in [-0.25, -0.2) is 15.0 Å². The zero-order valence-corrected chi connectivity index (χ0v) is 26.0. The van der Waals surface area contributed by atoms with Crippen LogP contribution in [0.25, 0.3) is 88.7 Å². The van der Waals surface area contributed by atoms with Gasteiger partial charge in [0.25, 0.3) is 0 Å². The molecule has 0 radical (unpaired) electrons. The van der Waals surface area contributed by atoms with Crippen molar-refractivity contribution >= 4 is 32.4 Å². The van der Waals surface area contributed by atoms with Gasteiger partial charge in [0.1, 0.15) is 0 Å². The van der Waals surface area contributed by atoms with Crippen molar-refractivity contribution in [3.8, 4) is 56.3 Å². The van der Waals surface area contributed by atoms with Crippen LogP contribution in [-0.4, -0.2) is 19.9 Å². The molecule has 9 aromatic rings. The minimum absolute atomic E-state index is 0.684. The predicted octanol–water partition coefficient (Wildman–Crippen LogP) is 11.1. The summed E-state index contributed by atoms with van der Waals surface area (Å²) in [5.41, 5.74) is 9.97. The predicted molar refractivity (Wildman–Crippen MR) is 197 cm³/mol. The van der Waals surface area contributed by atoms with E-state index in [1.165, 1.54) is 26.9 Å². The summed E-state index contributed by atoms with van der Waals surface area (Å²) in [7, 11) is 0. The van der Waals surface area contributed by atoms with Crippen molar-refractivity contribution in [2.75, 3.05) is 0 Å². The van der Waals surface area contributed by atoms with E-state index in [-0.39, 0.29) is 0 Å². The number of hydrogen-bond acceptors (Lipinski definition) is 4. The number of rotatable bonds is 5. The van der Waals surface area contributed by atoms with Crippen LogP contribution in [0.3, 0.4) is 0 Å². The molecule has 4 nitrogen and oxygen atoms in total. The third-order valence-electron chi connectivity index (χ3n) is 8.99. The highest BCUT2D eigenvalue weighted by molar-refractivity contribution is 6.24. The molecule has 0 amide bonds. The Labute approximate surface area is 278 Å². The number of pyridine rings is 2. The van der Waals surface area contributed by atoms with Gasteiger partial charge >= 0.3 is 0 Å². The molecule has 3 heterocycles. The molecule has 0 saturated heterocycles. The highest BCUT2D eigenvalue weighted by Crippen LogP contribution is 2.36. The number of aromatic nitrogens is 4. The van der Waals surface area contributed by atoms with E-state index in [1.807, 2.05) is 30.5 Å². The lowest BCUT2D eigenvalue weighted by atomic mass is 9.96. The molecule has 0 atom stereocenters. The number of benzene rings is 6. The Kier molecular flexibility index (Phi) is 6.76. The first-order chi connectivity index (χ1) is 23.8. The van der Waals surface area contributed by atoms with Crippen LogP contribution in [0.1, 0.15) is 0 Å². The van der Waals surface area contributed by atoms with E-state index in [9.17, 15) is 0 Å². The maximum Gasteiger partial charge on any atom is 0.160 e. The second-order valence-electron chi connectivity index (χ2n) is 11.9. The Morgan fingerprint density at radius 3 is 1.46 bits per heavy atom. The SMILES string of the molecule is c1ccc(-c2cc(-c3ccc(-c4ccc5c6ccccc6c6ccccc6c5n4)cc3)nc(-c3ccc(-c4cccnc4)cc3)n2)cc1. The van der Waals surface area contributed by atoms with Gasteiger partial charge in [-0.05, 0) is 51.6 Å². The van der Waals surface area contributed by atoms with Crippen LogP contribution in [0, 0.1) is 0 Å². The Hall–Kier alpha value is -6.52. The lowest BCUT2D eigenvalue weighted by Crippen LogP contribution is -1.96. The standard InChI is InChI=1S/C44H28N4/c1-2-9-30(10-3-1)41-27-42(48-44(47-41)33-22-16-29(17-23-33)34-11-8-26-45-28-34)32-20-18-31(19-21-32)40-25-24-39-37-14-5-4-12-35(37)36-13-6-7-15-38(36)43(39)46-40/h1-28H. The summed E-state index contributed by atoms with van der Waals surface area (Å²) < 4.78 is 0. The van der Waals surface area contributed by atoms with Crippen molar-refractivity contribution in [3.05, 3.63) is 170 Å². The Bertz CT molecular complexity index is 2540. The maximum absolute atomic E-state index is 5.23. The van der Waals surface area contributed by atoms with Crippen LogP contribution in [0.15, 0.2) is 170 Å². The Morgan fingerprint density at radius 2 is 0.812 bits per heavy atom. The van der Waals surface area contributed by atoms with Crippen LogP contribution >= 0.6 is 0 Å². The fourth-order valence-corrected chi connectivity index (χ4v) is 6.56. The lowest BCUT2D eigenvalue weighted by Gasteiger charge is -2.12. The van der Waals surface area contributed by atoms with Crippen LogP contribution in [0.2, 0.25) is 0 Å². The van der Waals surface area contributed by atoms with E-state index >= 15 is 0 Å². The first-order valence-electron chi connectivity index (χ1n) is 16.0. The minimum atomic E-state index is 0.684. The van der Waals surface area contributed by atoms with E-state index in [0.29, 0.717) is 5.82 Å². The molecule has 3 aromatic heterocycles. The normalized spacial score (nSPS) is 11.3. The molecular weight excluding hydrogens is 585 g/mol. The molecule has 6 aromatic carbocycles. The van der Waals surface area contributed by atoms with Gasteiger partial charge in [0, 0.05) is 45.4 Å². The van der Waals surface area contributed by atoms with Crippen molar-refractivity contribution in [2.45, 2.75) is 0 Å². The fraction of sp³-hybridized carbons (Fsp3) is 0. The average molecular weight is 613 g/mol. The quantitative estimate of drug-likeness (QED) is 0.181. The summed E-state index contributed by atoms with van der Waals surface area (Å²) in [6.45, 7) is 0. The monoisotopic (exact) mass is 612 g/mol. The summed E-state index contributed by atoms with van der Waals surface area (Å²) in [6.07, 6.45) is 3.66. The zero-order valence-electron chi connectivity index (χ0n) is 26.0. The van der Waals surface area contributed by atoms with Crippen LogP contribution < -0.4 is 0 Å². The largest absolute Gasteiger partial charge is 0.264 e. The van der Waals surface area contributed by atoms with Gasteiger partial charge in [-0.1, -0.05) is 133 Å². The molecule has 0 aliphatic carbocycles. The molecule has 0 N–H and O–H groups in total. The lowest BCUT2D eigenvalue weighted by molar-refractivity contribution is 1.18. The molecule has 0 bridgehead atoms. The number of hydrogen-bond donors (Lipinski definition) is 0. The first kappa shape index (κ1) is 27.8. The fourth-order valence-electron chi connectivity index (χ4n) is 6.56. The topological polar surface area (TPSA) is 51.6 Å². The van der Waals surface area contributed by atoms with Crippen LogP contribution in [-0.2, 0) is 0 Å². The van der Waals surface area contributed by atoms with E-state index < -0.39 is 0 Å². The Morgan fingerprint density at radius 1 is 0.312 bits per heavy atom. The van der Waals surface area contributed by atoms with Gasteiger partial charge in [-0.2, -0.15) is 0 Å². The summed E-state index contributed by atoms with van der Waals surface area (Å²) in [6, 6.07) is 54.7. The van der Waals surface area contributed by atoms with E-state index in [4.69, 9.17) is 15.0 Å². The van der Waals surface area contributed by atoms with Crippen LogP contribution in [0.4, 0.5) is 0 Å². The van der Waals surface area contributed by atoms with Gasteiger partial charge in [0.2, 0.25) is 0 Å². The van der Waals surface area contributed by atoms with Gasteiger partial charge in [0.15, 0.2) is 5.82 Å². The molecular formula is C44H28N4. The molecule has 0 fully saturated rings. The minimum Gasteiger partial charge on any atom is -0.264 e. The number of nitrogens with zero attached hydrogens (tertiary/aromatic N) is 4. The second-order valence-corrected chi connectivity index (χ2v) is 11.9. The third-order valence-corrected chi connectivity index (χ3v) is 8.99. The smallest absolute Gasteiger partial charge is 0.160 e. The zero-order chi connectivity index (χ0) is 31.9. The highest BCUT2D eigenvalue weighted by Gasteiger charge is 2.13. The van der Waals surface area contributed by atoms with Crippen molar-refractivity contribution < 1.29 is 0 Å². The van der Waals surface area contributed by atoms with E-state index in [0.717, 1.165) is 56.0 Å². The van der Waals surface area contributed by atoms with E-state index in [1.54, 1.807) is 6.20 Å². The maximum atomic E-state index is 5.23. The summed E-state index contributed by atoms with van der Waals surface area (Å²) in [5.74, 6) is 0.684. The molecule has 0 unspecified atom stereocenters. The van der Waals surface area contributed by atoms with Gasteiger partial charge in [0.05, 0.1) is 22.6 Å². The van der Waals surface area contributed by atoms with Crippen molar-refractivity contribution in [3.63, 3.8) is 0 Å². The van der Waals surface area contributed by atoms with Gasteiger partial charge < -0.3 is 0 Å². The third kappa shape index (κ3) is 4.97. The summed E-state index contributed by atoms with van der Waals surface area (Å²) in [4.78, 5) is 19.6. The van der Waals surface area contributed by atoms with E-state index in [2.05, 4.69) is 138 Å². The molecule has 0 saturated carbocycles. The molecule has 4 heteroatoms. The average Bonchev–Trinajstić information content (AvgIpc) is 3.18. The second kappa shape index (κ2) is 11.7. The van der Waals surface area contributed by atoms with Crippen LogP contribution in [0.5, 0.6) is 0 Å². The Balaban J connectivity index is 1.11. The van der Waals surface area contributed by atoms with Crippen molar-refractivity contribution in [2.24, 2.45) is 0 Å².